The number of nitrogens with two attached hydrogens (primary N) is 1. The maximum Gasteiger partial charge on any atom is 0.144 e. The molecule has 1 saturated carbocycles. The number of nitrogens with zero attached hydrogens (tertiary/aromatic N) is 1. The van der Waals surface area contributed by atoms with Crippen LogP contribution in [0, 0.1) is 11.8 Å². The Balaban J connectivity index is 1.93. The van der Waals surface area contributed by atoms with Gasteiger partial charge in [-0.2, -0.15) is 0 Å². The van der Waals surface area contributed by atoms with E-state index < -0.39 is 0 Å². The first kappa shape index (κ1) is 13.9. The van der Waals surface area contributed by atoms with Crippen LogP contribution in [0.2, 0.25) is 10.0 Å². The fourth-order valence-electron chi connectivity index (χ4n) is 2.64. The van der Waals surface area contributed by atoms with Crippen molar-refractivity contribution in [2.24, 2.45) is 17.6 Å². The van der Waals surface area contributed by atoms with Crippen LogP contribution < -0.4 is 11.1 Å². The van der Waals surface area contributed by atoms with E-state index in [1.165, 1.54) is 25.7 Å². The predicted octanol–water partition coefficient (Wildman–Crippen LogP) is 3.57. The Kier molecular flexibility index (Phi) is 5.10. The van der Waals surface area contributed by atoms with Crippen molar-refractivity contribution < 1.29 is 0 Å². The normalized spacial score (nSPS) is 23.9. The van der Waals surface area contributed by atoms with E-state index in [2.05, 4.69) is 10.3 Å². The summed E-state index contributed by atoms with van der Waals surface area (Å²) >= 11 is 11.9. The Labute approximate surface area is 118 Å². The maximum absolute atomic E-state index is 6.08. The maximum atomic E-state index is 6.08. The van der Waals surface area contributed by atoms with E-state index in [-0.39, 0.29) is 0 Å². The van der Waals surface area contributed by atoms with Gasteiger partial charge in [-0.05, 0) is 37.3 Å². The van der Waals surface area contributed by atoms with E-state index in [0.29, 0.717) is 27.7 Å². The quantitative estimate of drug-likeness (QED) is 0.890. The van der Waals surface area contributed by atoms with Crippen molar-refractivity contribution in [3.8, 4) is 0 Å². The van der Waals surface area contributed by atoms with Crippen molar-refractivity contribution in [1.29, 1.82) is 0 Å². The summed E-state index contributed by atoms with van der Waals surface area (Å²) in [5, 5.41) is 4.45. The van der Waals surface area contributed by atoms with Crippen LogP contribution in [0.15, 0.2) is 12.3 Å². The van der Waals surface area contributed by atoms with E-state index in [4.69, 9.17) is 28.9 Å². The van der Waals surface area contributed by atoms with Crippen LogP contribution in [-0.2, 0) is 0 Å². The molecule has 2 rings (SSSR count). The summed E-state index contributed by atoms with van der Waals surface area (Å²) in [7, 11) is 0. The smallest absolute Gasteiger partial charge is 0.144 e. The second-order valence-corrected chi connectivity index (χ2v) is 5.75. The van der Waals surface area contributed by atoms with E-state index in [0.717, 1.165) is 13.1 Å². The topological polar surface area (TPSA) is 50.9 Å². The van der Waals surface area contributed by atoms with Gasteiger partial charge >= 0.3 is 0 Å². The van der Waals surface area contributed by atoms with Crippen LogP contribution in [0.3, 0.4) is 0 Å². The summed E-state index contributed by atoms with van der Waals surface area (Å²) in [5.41, 5.74) is 5.83. The molecule has 1 aromatic rings. The van der Waals surface area contributed by atoms with Crippen LogP contribution in [0.4, 0.5) is 5.82 Å². The first-order valence-corrected chi connectivity index (χ1v) is 7.21. The lowest BCUT2D eigenvalue weighted by molar-refractivity contribution is 0.255. The molecular formula is C13H19Cl2N3. The van der Waals surface area contributed by atoms with Crippen molar-refractivity contribution in [3.63, 3.8) is 0 Å². The third-order valence-corrected chi connectivity index (χ3v) is 4.20. The molecule has 1 fully saturated rings. The lowest BCUT2D eigenvalue weighted by Crippen LogP contribution is -2.31. The fourth-order valence-corrected chi connectivity index (χ4v) is 3.08. The van der Waals surface area contributed by atoms with Crippen LogP contribution in [0.25, 0.3) is 0 Å². The highest BCUT2D eigenvalue weighted by Crippen LogP contribution is 2.30. The Bertz CT molecular complexity index is 398. The fraction of sp³-hybridized carbons (Fsp3) is 0.615. The molecule has 0 bridgehead atoms. The second-order valence-electron chi connectivity index (χ2n) is 4.91. The van der Waals surface area contributed by atoms with Crippen molar-refractivity contribution in [2.75, 3.05) is 18.4 Å². The third-order valence-electron chi connectivity index (χ3n) is 3.71. The number of hydrogen-bond donors (Lipinski definition) is 2. The highest BCUT2D eigenvalue weighted by molar-refractivity contribution is 6.35. The molecule has 0 saturated heterocycles. The monoisotopic (exact) mass is 287 g/mol. The van der Waals surface area contributed by atoms with Crippen LogP contribution in [-0.4, -0.2) is 18.1 Å². The zero-order valence-corrected chi connectivity index (χ0v) is 11.8. The summed E-state index contributed by atoms with van der Waals surface area (Å²) in [4.78, 5) is 4.21. The molecule has 0 spiro atoms. The zero-order chi connectivity index (χ0) is 13.0. The van der Waals surface area contributed by atoms with Crippen molar-refractivity contribution in [2.45, 2.75) is 25.7 Å². The average Bonchev–Trinajstić information content (AvgIpc) is 2.38. The number of pyridine rings is 1. The molecule has 3 nitrogen and oxygen atoms in total. The number of anilines is 1. The summed E-state index contributed by atoms with van der Waals surface area (Å²) < 4.78 is 0. The number of rotatable bonds is 4. The molecule has 0 aromatic carbocycles. The standard InChI is InChI=1S/C13H19Cl2N3/c14-11-5-12(15)13(18-8-11)17-7-10-4-2-1-3-9(10)6-16/h5,8-10H,1-4,6-7,16H2,(H,17,18). The molecule has 1 aliphatic rings. The van der Waals surface area contributed by atoms with Crippen molar-refractivity contribution >= 4 is 29.0 Å². The summed E-state index contributed by atoms with van der Waals surface area (Å²) in [6.07, 6.45) is 6.69. The van der Waals surface area contributed by atoms with Gasteiger partial charge in [0.25, 0.3) is 0 Å². The summed E-state index contributed by atoms with van der Waals surface area (Å²) in [6, 6.07) is 1.71. The molecule has 100 valence electrons. The second kappa shape index (κ2) is 6.60. The van der Waals surface area contributed by atoms with Gasteiger partial charge in [0, 0.05) is 12.7 Å². The predicted molar refractivity (Wildman–Crippen MR) is 77.2 cm³/mol. The molecule has 1 heterocycles. The minimum atomic E-state index is 0.558. The van der Waals surface area contributed by atoms with Crippen LogP contribution in [0.5, 0.6) is 0 Å². The molecular weight excluding hydrogens is 269 g/mol. The van der Waals surface area contributed by atoms with E-state index >= 15 is 0 Å². The Morgan fingerprint density at radius 1 is 1.28 bits per heavy atom. The molecule has 1 aromatic heterocycles. The molecule has 3 N–H and O–H groups in total. The van der Waals surface area contributed by atoms with Gasteiger partial charge in [-0.25, -0.2) is 4.98 Å². The van der Waals surface area contributed by atoms with Crippen molar-refractivity contribution in [1.82, 2.24) is 4.98 Å². The highest BCUT2D eigenvalue weighted by atomic mass is 35.5. The van der Waals surface area contributed by atoms with Crippen LogP contribution in [0.1, 0.15) is 25.7 Å². The first-order chi connectivity index (χ1) is 8.70. The molecule has 0 radical (unpaired) electrons. The van der Waals surface area contributed by atoms with E-state index in [1.807, 2.05) is 0 Å². The molecule has 1 aliphatic carbocycles. The Hall–Kier alpha value is -0.510. The van der Waals surface area contributed by atoms with Gasteiger partial charge in [0.1, 0.15) is 5.82 Å². The Morgan fingerprint density at radius 3 is 2.67 bits per heavy atom. The minimum Gasteiger partial charge on any atom is -0.369 e. The summed E-state index contributed by atoms with van der Waals surface area (Å²) in [6.45, 7) is 1.66. The highest BCUT2D eigenvalue weighted by Gasteiger charge is 2.23. The van der Waals surface area contributed by atoms with Gasteiger partial charge in [0.05, 0.1) is 10.0 Å². The van der Waals surface area contributed by atoms with Gasteiger partial charge in [-0.15, -0.1) is 0 Å². The van der Waals surface area contributed by atoms with Gasteiger partial charge in [0.15, 0.2) is 0 Å². The lowest BCUT2D eigenvalue weighted by atomic mass is 9.79. The van der Waals surface area contributed by atoms with Crippen molar-refractivity contribution in [3.05, 3.63) is 22.3 Å². The SMILES string of the molecule is NCC1CCCCC1CNc1ncc(Cl)cc1Cl. The third kappa shape index (κ3) is 3.50. The summed E-state index contributed by atoms with van der Waals surface area (Å²) in [5.74, 6) is 1.96. The lowest BCUT2D eigenvalue weighted by Gasteiger charge is -2.30. The number of aromatic nitrogens is 1. The number of nitrogens with one attached hydrogen (secondary N) is 1. The number of hydrogen-bond acceptors (Lipinski definition) is 3. The first-order valence-electron chi connectivity index (χ1n) is 6.45. The molecule has 0 amide bonds. The van der Waals surface area contributed by atoms with Gasteiger partial charge in [0.2, 0.25) is 0 Å². The minimum absolute atomic E-state index is 0.558. The van der Waals surface area contributed by atoms with Gasteiger partial charge < -0.3 is 11.1 Å². The molecule has 2 atom stereocenters. The zero-order valence-electron chi connectivity index (χ0n) is 10.3. The Morgan fingerprint density at radius 2 is 2.00 bits per heavy atom. The van der Waals surface area contributed by atoms with E-state index in [1.54, 1.807) is 12.3 Å². The molecule has 5 heteroatoms. The molecule has 2 unspecified atom stereocenters. The number of halogens is 2. The van der Waals surface area contributed by atoms with E-state index in [9.17, 15) is 0 Å². The van der Waals surface area contributed by atoms with Gasteiger partial charge in [-0.1, -0.05) is 36.0 Å². The molecule has 18 heavy (non-hydrogen) atoms. The average molecular weight is 288 g/mol. The van der Waals surface area contributed by atoms with Gasteiger partial charge in [-0.3, -0.25) is 0 Å². The van der Waals surface area contributed by atoms with Crippen LogP contribution >= 0.6 is 23.2 Å². The molecule has 0 aliphatic heterocycles. The largest absolute Gasteiger partial charge is 0.369 e.